The second-order valence-electron chi connectivity index (χ2n) is 7.29. The van der Waals surface area contributed by atoms with Crippen molar-refractivity contribution in [2.45, 2.75) is 32.7 Å². The second-order valence-corrected chi connectivity index (χ2v) is 8.13. The molecule has 1 heterocycles. The van der Waals surface area contributed by atoms with Gasteiger partial charge in [0.1, 0.15) is 5.75 Å². The maximum absolute atomic E-state index is 12.5. The molecule has 0 saturated carbocycles. The van der Waals surface area contributed by atoms with E-state index in [9.17, 15) is 9.59 Å². The molecule has 5 nitrogen and oxygen atoms in total. The molecule has 154 valence electrons. The van der Waals surface area contributed by atoms with Gasteiger partial charge >= 0.3 is 0 Å². The number of hydrogen-bond acceptors (Lipinski definition) is 3. The summed E-state index contributed by atoms with van der Waals surface area (Å²) in [5.41, 5.74) is 2.93. The predicted octanol–water partition coefficient (Wildman–Crippen LogP) is 4.41. The van der Waals surface area contributed by atoms with Gasteiger partial charge in [0.15, 0.2) is 6.61 Å². The van der Waals surface area contributed by atoms with E-state index in [1.165, 1.54) is 0 Å². The third kappa shape index (κ3) is 5.64. The summed E-state index contributed by atoms with van der Waals surface area (Å²) >= 11 is 11.9. The fraction of sp³-hybridized carbons (Fsp3) is 0.364. The molecular weight excluding hydrogens is 411 g/mol. The fourth-order valence-corrected chi connectivity index (χ4v) is 3.71. The van der Waals surface area contributed by atoms with E-state index >= 15 is 0 Å². The highest BCUT2D eigenvalue weighted by molar-refractivity contribution is 6.35. The molecule has 0 aliphatic carbocycles. The van der Waals surface area contributed by atoms with Crippen molar-refractivity contribution in [3.8, 4) is 5.75 Å². The van der Waals surface area contributed by atoms with Crippen molar-refractivity contribution < 1.29 is 14.3 Å². The Labute approximate surface area is 180 Å². The van der Waals surface area contributed by atoms with Gasteiger partial charge in [0.05, 0.1) is 5.02 Å². The van der Waals surface area contributed by atoms with Gasteiger partial charge in [-0.25, -0.2) is 0 Å². The van der Waals surface area contributed by atoms with Crippen LogP contribution in [0.3, 0.4) is 0 Å². The molecule has 0 unspecified atom stereocenters. The summed E-state index contributed by atoms with van der Waals surface area (Å²) in [5, 5.41) is 3.96. The van der Waals surface area contributed by atoms with Crippen LogP contribution >= 0.6 is 23.2 Å². The van der Waals surface area contributed by atoms with Gasteiger partial charge in [-0.1, -0.05) is 29.3 Å². The van der Waals surface area contributed by atoms with Crippen LogP contribution in [-0.4, -0.2) is 42.5 Å². The molecule has 1 saturated heterocycles. The van der Waals surface area contributed by atoms with Crippen LogP contribution in [0.25, 0.3) is 0 Å². The number of carbonyl (C=O) groups is 2. The molecule has 2 aromatic rings. The van der Waals surface area contributed by atoms with E-state index in [1.54, 1.807) is 23.1 Å². The van der Waals surface area contributed by atoms with E-state index in [-0.39, 0.29) is 24.5 Å². The number of amides is 2. The fourth-order valence-electron chi connectivity index (χ4n) is 3.25. The maximum Gasteiger partial charge on any atom is 0.260 e. The van der Waals surface area contributed by atoms with Crippen LogP contribution < -0.4 is 10.1 Å². The average molecular weight is 435 g/mol. The topological polar surface area (TPSA) is 58.6 Å². The third-order valence-electron chi connectivity index (χ3n) is 5.20. The van der Waals surface area contributed by atoms with Crippen LogP contribution in [-0.2, 0) is 4.79 Å². The Bertz CT molecular complexity index is 909. The number of hydrogen-bond donors (Lipinski definition) is 1. The van der Waals surface area contributed by atoms with E-state index in [2.05, 4.69) is 5.32 Å². The highest BCUT2D eigenvalue weighted by Gasteiger charge is 2.24. The number of benzene rings is 2. The monoisotopic (exact) mass is 434 g/mol. The molecule has 1 aliphatic heterocycles. The zero-order chi connectivity index (χ0) is 21.0. The number of ether oxygens (including phenoxy) is 1. The molecule has 0 radical (unpaired) electrons. The first-order chi connectivity index (χ1) is 13.8. The minimum Gasteiger partial charge on any atom is -0.482 e. The first kappa shape index (κ1) is 21.5. The van der Waals surface area contributed by atoms with Crippen molar-refractivity contribution in [3.63, 3.8) is 0 Å². The minimum atomic E-state index is -0.102. The van der Waals surface area contributed by atoms with Crippen LogP contribution in [0.1, 0.15) is 34.3 Å². The van der Waals surface area contributed by atoms with Crippen LogP contribution in [0.15, 0.2) is 36.4 Å². The molecule has 7 heteroatoms. The van der Waals surface area contributed by atoms with Crippen molar-refractivity contribution in [2.24, 2.45) is 0 Å². The van der Waals surface area contributed by atoms with Gasteiger partial charge in [0.2, 0.25) is 0 Å². The summed E-state index contributed by atoms with van der Waals surface area (Å²) < 4.78 is 5.53. The molecule has 1 N–H and O–H groups in total. The van der Waals surface area contributed by atoms with Crippen molar-refractivity contribution in [1.82, 2.24) is 10.2 Å². The Morgan fingerprint density at radius 2 is 1.79 bits per heavy atom. The number of piperidine rings is 1. The molecule has 0 bridgehead atoms. The van der Waals surface area contributed by atoms with Crippen LogP contribution in [0.2, 0.25) is 10.0 Å². The quantitative estimate of drug-likeness (QED) is 0.757. The van der Waals surface area contributed by atoms with E-state index in [0.717, 1.165) is 11.1 Å². The lowest BCUT2D eigenvalue weighted by molar-refractivity contribution is -0.134. The summed E-state index contributed by atoms with van der Waals surface area (Å²) in [6.07, 6.45) is 1.42. The predicted molar refractivity (Wildman–Crippen MR) is 115 cm³/mol. The lowest BCUT2D eigenvalue weighted by atomic mass is 10.0. The largest absolute Gasteiger partial charge is 0.482 e. The van der Waals surface area contributed by atoms with Crippen molar-refractivity contribution >= 4 is 35.0 Å². The zero-order valence-electron chi connectivity index (χ0n) is 16.5. The minimum absolute atomic E-state index is 0.0554. The summed E-state index contributed by atoms with van der Waals surface area (Å²) in [6.45, 7) is 5.09. The van der Waals surface area contributed by atoms with Gasteiger partial charge in [0.25, 0.3) is 11.8 Å². The number of nitrogens with zero attached hydrogens (tertiary/aromatic N) is 1. The normalized spacial score (nSPS) is 14.6. The molecule has 0 spiro atoms. The molecule has 0 aromatic heterocycles. The van der Waals surface area contributed by atoms with Gasteiger partial charge in [-0.15, -0.1) is 0 Å². The molecule has 1 fully saturated rings. The molecule has 2 amide bonds. The highest BCUT2D eigenvalue weighted by Crippen LogP contribution is 2.27. The lowest BCUT2D eigenvalue weighted by Gasteiger charge is -2.32. The van der Waals surface area contributed by atoms with E-state index in [0.29, 0.717) is 47.3 Å². The molecule has 1 aliphatic rings. The Balaban J connectivity index is 1.46. The smallest absolute Gasteiger partial charge is 0.260 e. The number of likely N-dealkylation sites (tertiary alicyclic amines) is 1. The van der Waals surface area contributed by atoms with E-state index in [1.807, 2.05) is 32.0 Å². The summed E-state index contributed by atoms with van der Waals surface area (Å²) in [6, 6.07) is 10.6. The van der Waals surface area contributed by atoms with Gasteiger partial charge in [-0.2, -0.15) is 0 Å². The number of rotatable bonds is 5. The lowest BCUT2D eigenvalue weighted by Crippen LogP contribution is -2.47. The van der Waals surface area contributed by atoms with Crippen LogP contribution in [0, 0.1) is 13.8 Å². The highest BCUT2D eigenvalue weighted by atomic mass is 35.5. The number of nitrogens with one attached hydrogen (secondary N) is 1. The Morgan fingerprint density at radius 1 is 1.07 bits per heavy atom. The molecular formula is C22H24Cl2N2O3. The summed E-state index contributed by atoms with van der Waals surface area (Å²) in [4.78, 5) is 26.6. The van der Waals surface area contributed by atoms with Crippen molar-refractivity contribution in [2.75, 3.05) is 19.7 Å². The van der Waals surface area contributed by atoms with Crippen molar-refractivity contribution in [1.29, 1.82) is 0 Å². The first-order valence-electron chi connectivity index (χ1n) is 9.57. The first-order valence-corrected chi connectivity index (χ1v) is 10.3. The molecule has 3 rings (SSSR count). The standard InChI is InChI=1S/C22H24Cl2N2O3/c1-14-3-4-16(11-15(14)2)22(28)25-18-7-9-26(10-8-18)21(27)13-29-20-6-5-17(23)12-19(20)24/h3-6,11-12,18H,7-10,13H2,1-2H3,(H,25,28). The zero-order valence-corrected chi connectivity index (χ0v) is 18.0. The van der Waals surface area contributed by atoms with Gasteiger partial charge in [0, 0.05) is 29.7 Å². The number of aryl methyl sites for hydroxylation is 2. The SMILES string of the molecule is Cc1ccc(C(=O)NC2CCN(C(=O)COc3ccc(Cl)cc3Cl)CC2)cc1C. The third-order valence-corrected chi connectivity index (χ3v) is 5.73. The van der Waals surface area contributed by atoms with E-state index < -0.39 is 0 Å². The average Bonchev–Trinajstić information content (AvgIpc) is 2.69. The van der Waals surface area contributed by atoms with Gasteiger partial charge in [-0.05, 0) is 68.1 Å². The number of halogens is 2. The Hall–Kier alpha value is -2.24. The summed E-state index contributed by atoms with van der Waals surface area (Å²) in [7, 11) is 0. The van der Waals surface area contributed by atoms with Crippen LogP contribution in [0.5, 0.6) is 5.75 Å². The Kier molecular flexibility index (Phi) is 7.04. The van der Waals surface area contributed by atoms with Gasteiger partial charge < -0.3 is 15.0 Å². The number of carbonyl (C=O) groups excluding carboxylic acids is 2. The molecule has 2 aromatic carbocycles. The Morgan fingerprint density at radius 3 is 2.45 bits per heavy atom. The van der Waals surface area contributed by atoms with Crippen LogP contribution in [0.4, 0.5) is 0 Å². The van der Waals surface area contributed by atoms with E-state index in [4.69, 9.17) is 27.9 Å². The molecule has 29 heavy (non-hydrogen) atoms. The van der Waals surface area contributed by atoms with Crippen molar-refractivity contribution in [3.05, 3.63) is 63.1 Å². The second kappa shape index (κ2) is 9.51. The molecule has 0 atom stereocenters. The summed E-state index contributed by atoms with van der Waals surface area (Å²) in [5.74, 6) is 0.258. The maximum atomic E-state index is 12.5. The van der Waals surface area contributed by atoms with Gasteiger partial charge in [-0.3, -0.25) is 9.59 Å².